The molecule has 0 bridgehead atoms. The van der Waals surface area contributed by atoms with E-state index in [9.17, 15) is 0 Å². The smallest absolute Gasteiger partial charge is 0.0666 e. The molecule has 18 heavy (non-hydrogen) atoms. The molecule has 1 aliphatic carbocycles. The van der Waals surface area contributed by atoms with Crippen molar-refractivity contribution < 1.29 is 0 Å². The van der Waals surface area contributed by atoms with Crippen LogP contribution in [0.4, 0.5) is 0 Å². The van der Waals surface area contributed by atoms with Crippen LogP contribution in [0.5, 0.6) is 0 Å². The van der Waals surface area contributed by atoms with Crippen LogP contribution in [0.3, 0.4) is 0 Å². The molecule has 0 saturated heterocycles. The number of aromatic nitrogens is 2. The Labute approximate surface area is 111 Å². The summed E-state index contributed by atoms with van der Waals surface area (Å²) in [6, 6.07) is 0. The van der Waals surface area contributed by atoms with Crippen molar-refractivity contribution in [1.82, 2.24) is 15.1 Å². The fourth-order valence-electron chi connectivity index (χ4n) is 3.11. The zero-order valence-corrected chi connectivity index (χ0v) is 12.1. The third-order valence-corrected chi connectivity index (χ3v) is 4.25. The van der Waals surface area contributed by atoms with Crippen LogP contribution in [0.2, 0.25) is 0 Å². The van der Waals surface area contributed by atoms with E-state index >= 15 is 0 Å². The molecule has 1 fully saturated rings. The van der Waals surface area contributed by atoms with Crippen LogP contribution in [0.15, 0.2) is 6.20 Å². The summed E-state index contributed by atoms with van der Waals surface area (Å²) in [4.78, 5) is 0. The maximum absolute atomic E-state index is 4.49. The number of rotatable bonds is 5. The van der Waals surface area contributed by atoms with Gasteiger partial charge in [-0.3, -0.25) is 4.68 Å². The second-order valence-electron chi connectivity index (χ2n) is 6.10. The first-order chi connectivity index (χ1) is 8.63. The Bertz CT molecular complexity index is 375. The first kappa shape index (κ1) is 13.6. The van der Waals surface area contributed by atoms with Crippen molar-refractivity contribution in [2.24, 2.45) is 12.5 Å². The summed E-state index contributed by atoms with van der Waals surface area (Å²) in [5.74, 6) is 0. The summed E-state index contributed by atoms with van der Waals surface area (Å²) < 4.78 is 1.93. The second-order valence-corrected chi connectivity index (χ2v) is 6.10. The molecule has 1 heterocycles. The fourth-order valence-corrected chi connectivity index (χ4v) is 3.11. The van der Waals surface area contributed by atoms with Crippen molar-refractivity contribution >= 4 is 0 Å². The van der Waals surface area contributed by atoms with Crippen molar-refractivity contribution in [2.75, 3.05) is 6.54 Å². The number of nitrogens with one attached hydrogen (secondary N) is 1. The van der Waals surface area contributed by atoms with E-state index in [-0.39, 0.29) is 0 Å². The molecule has 0 aliphatic heterocycles. The van der Waals surface area contributed by atoms with Gasteiger partial charge in [0.15, 0.2) is 0 Å². The summed E-state index contributed by atoms with van der Waals surface area (Å²) in [6.07, 6.45) is 10.2. The minimum atomic E-state index is 0.521. The number of aryl methyl sites for hydroxylation is 2. The molecule has 1 aliphatic rings. The molecule has 3 heteroatoms. The summed E-state index contributed by atoms with van der Waals surface area (Å²) in [6.45, 7) is 6.72. The predicted molar refractivity (Wildman–Crippen MR) is 75.5 cm³/mol. The average molecular weight is 249 g/mol. The van der Waals surface area contributed by atoms with Crippen molar-refractivity contribution in [3.05, 3.63) is 17.5 Å². The van der Waals surface area contributed by atoms with Crippen LogP contribution in [0.1, 0.15) is 57.2 Å². The van der Waals surface area contributed by atoms with E-state index in [2.05, 4.69) is 30.5 Å². The van der Waals surface area contributed by atoms with Gasteiger partial charge in [0.25, 0.3) is 0 Å². The first-order valence-electron chi connectivity index (χ1n) is 7.35. The molecule has 0 spiro atoms. The van der Waals surface area contributed by atoms with Gasteiger partial charge in [-0.15, -0.1) is 0 Å². The predicted octanol–water partition coefficient (Wildman–Crippen LogP) is 3.04. The van der Waals surface area contributed by atoms with Crippen LogP contribution in [-0.4, -0.2) is 16.3 Å². The molecule has 0 radical (unpaired) electrons. The normalized spacial score (nSPS) is 19.1. The molecule has 1 saturated carbocycles. The summed E-state index contributed by atoms with van der Waals surface area (Å²) >= 11 is 0. The Morgan fingerprint density at radius 3 is 2.72 bits per heavy atom. The van der Waals surface area contributed by atoms with Crippen molar-refractivity contribution in [3.63, 3.8) is 0 Å². The quantitative estimate of drug-likeness (QED) is 0.869. The highest BCUT2D eigenvalue weighted by atomic mass is 15.3. The van der Waals surface area contributed by atoms with E-state index in [1.165, 1.54) is 43.4 Å². The topological polar surface area (TPSA) is 29.9 Å². The van der Waals surface area contributed by atoms with Gasteiger partial charge in [0.1, 0.15) is 0 Å². The molecule has 102 valence electrons. The van der Waals surface area contributed by atoms with Gasteiger partial charge in [0.2, 0.25) is 0 Å². The maximum atomic E-state index is 4.49. The van der Waals surface area contributed by atoms with E-state index < -0.39 is 0 Å². The molecule has 0 aromatic carbocycles. The van der Waals surface area contributed by atoms with Gasteiger partial charge in [-0.05, 0) is 24.7 Å². The highest BCUT2D eigenvalue weighted by Crippen LogP contribution is 2.34. The summed E-state index contributed by atoms with van der Waals surface area (Å²) in [5.41, 5.74) is 3.12. The zero-order valence-electron chi connectivity index (χ0n) is 12.1. The second kappa shape index (κ2) is 5.87. The van der Waals surface area contributed by atoms with Gasteiger partial charge >= 0.3 is 0 Å². The molecule has 0 amide bonds. The van der Waals surface area contributed by atoms with Crippen molar-refractivity contribution in [2.45, 2.75) is 58.9 Å². The molecule has 0 atom stereocenters. The van der Waals surface area contributed by atoms with Crippen molar-refractivity contribution in [3.8, 4) is 0 Å². The first-order valence-corrected chi connectivity index (χ1v) is 7.35. The van der Waals surface area contributed by atoms with Crippen LogP contribution in [0, 0.1) is 5.41 Å². The molecule has 3 nitrogen and oxygen atoms in total. The molecule has 2 rings (SSSR count). The highest BCUT2D eigenvalue weighted by Gasteiger charge is 2.26. The number of nitrogens with zero attached hydrogens (tertiary/aromatic N) is 2. The Balaban J connectivity index is 1.84. The third kappa shape index (κ3) is 3.35. The Kier molecular flexibility index (Phi) is 4.44. The average Bonchev–Trinajstić information content (AvgIpc) is 2.70. The molecule has 0 unspecified atom stereocenters. The van der Waals surface area contributed by atoms with Crippen LogP contribution in [0.25, 0.3) is 0 Å². The lowest BCUT2D eigenvalue weighted by atomic mass is 9.76. The molecular weight excluding hydrogens is 222 g/mol. The largest absolute Gasteiger partial charge is 0.312 e. The lowest BCUT2D eigenvalue weighted by Crippen LogP contribution is -2.33. The van der Waals surface area contributed by atoms with Crippen molar-refractivity contribution in [1.29, 1.82) is 0 Å². The van der Waals surface area contributed by atoms with E-state index in [0.717, 1.165) is 19.5 Å². The van der Waals surface area contributed by atoms with E-state index in [0.29, 0.717) is 5.41 Å². The molecule has 1 aromatic rings. The monoisotopic (exact) mass is 249 g/mol. The zero-order chi connectivity index (χ0) is 13.0. The van der Waals surface area contributed by atoms with Gasteiger partial charge in [0, 0.05) is 31.9 Å². The highest BCUT2D eigenvalue weighted by molar-refractivity contribution is 5.16. The van der Waals surface area contributed by atoms with Gasteiger partial charge in [-0.25, -0.2) is 0 Å². The minimum absolute atomic E-state index is 0.521. The van der Waals surface area contributed by atoms with E-state index in [4.69, 9.17) is 0 Å². The number of hydrogen-bond donors (Lipinski definition) is 1. The van der Waals surface area contributed by atoms with Crippen LogP contribution >= 0.6 is 0 Å². The summed E-state index contributed by atoms with van der Waals surface area (Å²) in [7, 11) is 2.01. The van der Waals surface area contributed by atoms with Crippen LogP contribution in [-0.2, 0) is 20.0 Å². The van der Waals surface area contributed by atoms with Gasteiger partial charge in [-0.2, -0.15) is 5.10 Å². The Morgan fingerprint density at radius 2 is 2.06 bits per heavy atom. The molecule has 1 aromatic heterocycles. The third-order valence-electron chi connectivity index (χ3n) is 4.25. The van der Waals surface area contributed by atoms with E-state index in [1.54, 1.807) is 0 Å². The molecule has 1 N–H and O–H groups in total. The van der Waals surface area contributed by atoms with E-state index in [1.807, 2.05) is 11.7 Å². The molecular formula is C15H27N3. The van der Waals surface area contributed by atoms with Crippen LogP contribution < -0.4 is 5.32 Å². The van der Waals surface area contributed by atoms with Gasteiger partial charge in [0.05, 0.1) is 5.69 Å². The lowest BCUT2D eigenvalue weighted by molar-refractivity contribution is 0.207. The SMILES string of the molecule is CCc1nn(C)cc1CNCC1(C)CCCCC1. The lowest BCUT2D eigenvalue weighted by Gasteiger charge is -2.33. The standard InChI is InChI=1S/C15H27N3/c1-4-14-13(11-18(3)17-14)10-16-12-15(2)8-6-5-7-9-15/h11,16H,4-10,12H2,1-3H3. The number of hydrogen-bond acceptors (Lipinski definition) is 2. The Morgan fingerprint density at radius 1 is 1.33 bits per heavy atom. The van der Waals surface area contributed by atoms with Gasteiger partial charge < -0.3 is 5.32 Å². The maximum Gasteiger partial charge on any atom is 0.0666 e. The fraction of sp³-hybridized carbons (Fsp3) is 0.800. The van der Waals surface area contributed by atoms with Gasteiger partial charge in [-0.1, -0.05) is 33.1 Å². The summed E-state index contributed by atoms with van der Waals surface area (Å²) in [5, 5.41) is 8.14. The minimum Gasteiger partial charge on any atom is -0.312 e. The Hall–Kier alpha value is -0.830.